The van der Waals surface area contributed by atoms with Gasteiger partial charge in [-0.05, 0) is 52.7 Å². The van der Waals surface area contributed by atoms with E-state index in [1.807, 2.05) is 36.4 Å². The van der Waals surface area contributed by atoms with Crippen molar-refractivity contribution in [2.24, 2.45) is 0 Å². The molecule has 9 heteroatoms. The third-order valence-electron chi connectivity index (χ3n) is 5.02. The van der Waals surface area contributed by atoms with Crippen LogP contribution in [0, 0.1) is 0 Å². The van der Waals surface area contributed by atoms with Crippen molar-refractivity contribution in [3.8, 4) is 5.75 Å². The molecular formula is C22H21NO6S2. The number of hydrogen-bond acceptors (Lipinski definition) is 6. The Morgan fingerprint density at radius 3 is 2.52 bits per heavy atom. The predicted molar refractivity (Wildman–Crippen MR) is 120 cm³/mol. The normalized spacial score (nSPS) is 15.8. The number of carboxylic acid groups (broad SMARTS) is 1. The number of hydrogen-bond donors (Lipinski definition) is 1. The van der Waals surface area contributed by atoms with E-state index < -0.39 is 16.0 Å². The van der Waals surface area contributed by atoms with E-state index in [0.29, 0.717) is 36.7 Å². The number of fused-ring (bicyclic) bond motifs is 1. The first kappa shape index (κ1) is 21.5. The van der Waals surface area contributed by atoms with E-state index in [4.69, 9.17) is 9.47 Å². The van der Waals surface area contributed by atoms with Crippen molar-refractivity contribution >= 4 is 49.8 Å². The molecule has 1 aliphatic heterocycles. The van der Waals surface area contributed by atoms with Crippen LogP contribution >= 0.6 is 11.3 Å². The van der Waals surface area contributed by atoms with E-state index in [-0.39, 0.29) is 9.78 Å². The summed E-state index contributed by atoms with van der Waals surface area (Å²) in [6, 6.07) is 14.3. The highest BCUT2D eigenvalue weighted by Gasteiger charge is 2.28. The number of ether oxygens (including phenoxy) is 2. The first-order valence-corrected chi connectivity index (χ1v) is 11.8. The summed E-state index contributed by atoms with van der Waals surface area (Å²) in [4.78, 5) is 12.3. The molecule has 2 aromatic carbocycles. The molecule has 0 atom stereocenters. The standard InChI is InChI=1S/C22H21NO6S2/c1-28-18-5-4-16-12-15(2-3-17(16)14-18)13-19(22(24)25)20-6-7-21(30-20)31(26,27)23-8-10-29-11-9-23/h2-7,12-14H,8-11H2,1H3,(H,24,25). The number of nitrogens with zero attached hydrogens (tertiary/aromatic N) is 1. The smallest absolute Gasteiger partial charge is 0.337 e. The van der Waals surface area contributed by atoms with Gasteiger partial charge < -0.3 is 14.6 Å². The molecule has 7 nitrogen and oxygen atoms in total. The van der Waals surface area contributed by atoms with Crippen LogP contribution in [0.4, 0.5) is 0 Å². The fourth-order valence-electron chi connectivity index (χ4n) is 3.38. The molecule has 1 aliphatic rings. The van der Waals surface area contributed by atoms with E-state index in [1.54, 1.807) is 19.3 Å². The second-order valence-electron chi connectivity index (χ2n) is 6.97. The second kappa shape index (κ2) is 8.80. The molecule has 4 rings (SSSR count). The molecule has 162 valence electrons. The Balaban J connectivity index is 1.67. The maximum Gasteiger partial charge on any atom is 0.337 e. The van der Waals surface area contributed by atoms with Crippen LogP contribution in [0.3, 0.4) is 0 Å². The molecule has 0 unspecified atom stereocenters. The van der Waals surface area contributed by atoms with Gasteiger partial charge in [0.15, 0.2) is 0 Å². The Morgan fingerprint density at radius 1 is 1.10 bits per heavy atom. The zero-order valence-electron chi connectivity index (χ0n) is 16.8. The molecule has 0 spiro atoms. The third kappa shape index (κ3) is 4.49. The Kier molecular flexibility index (Phi) is 6.10. The number of methoxy groups -OCH3 is 1. The van der Waals surface area contributed by atoms with Crippen LogP contribution < -0.4 is 4.74 Å². The number of carboxylic acids is 1. The summed E-state index contributed by atoms with van der Waals surface area (Å²) in [6.45, 7) is 1.29. The largest absolute Gasteiger partial charge is 0.497 e. The Morgan fingerprint density at radius 2 is 1.81 bits per heavy atom. The van der Waals surface area contributed by atoms with Gasteiger partial charge in [0.25, 0.3) is 10.0 Å². The fourth-order valence-corrected chi connectivity index (χ4v) is 6.26. The molecule has 0 saturated carbocycles. The van der Waals surface area contributed by atoms with Crippen molar-refractivity contribution in [1.82, 2.24) is 4.31 Å². The second-order valence-corrected chi connectivity index (χ2v) is 10.2. The van der Waals surface area contributed by atoms with Gasteiger partial charge in [-0.2, -0.15) is 4.31 Å². The first-order valence-electron chi connectivity index (χ1n) is 9.59. The fraction of sp³-hybridized carbons (Fsp3) is 0.227. The molecular weight excluding hydrogens is 438 g/mol. The number of rotatable bonds is 6. The quantitative estimate of drug-likeness (QED) is 0.567. The van der Waals surface area contributed by atoms with Gasteiger partial charge in [0.2, 0.25) is 0 Å². The van der Waals surface area contributed by atoms with Crippen molar-refractivity contribution in [2.45, 2.75) is 4.21 Å². The van der Waals surface area contributed by atoms with E-state index in [1.165, 1.54) is 10.4 Å². The number of aliphatic carboxylic acids is 1. The Labute approximate surface area is 184 Å². The van der Waals surface area contributed by atoms with Gasteiger partial charge in [0.05, 0.1) is 25.9 Å². The van der Waals surface area contributed by atoms with Crippen LogP contribution in [-0.4, -0.2) is 57.2 Å². The van der Waals surface area contributed by atoms with Crippen molar-refractivity contribution in [1.29, 1.82) is 0 Å². The summed E-state index contributed by atoms with van der Waals surface area (Å²) < 4.78 is 37.7. The van der Waals surface area contributed by atoms with E-state index in [9.17, 15) is 18.3 Å². The molecule has 1 N–H and O–H groups in total. The average Bonchev–Trinajstić information content (AvgIpc) is 3.28. The van der Waals surface area contributed by atoms with Gasteiger partial charge in [-0.3, -0.25) is 0 Å². The summed E-state index contributed by atoms with van der Waals surface area (Å²) in [5.74, 6) is -0.374. The highest BCUT2D eigenvalue weighted by atomic mass is 32.2. The predicted octanol–water partition coefficient (Wildman–Crippen LogP) is 3.56. The minimum absolute atomic E-state index is 0.0429. The van der Waals surface area contributed by atoms with Crippen molar-refractivity contribution < 1.29 is 27.8 Å². The minimum Gasteiger partial charge on any atom is -0.497 e. The monoisotopic (exact) mass is 459 g/mol. The van der Waals surface area contributed by atoms with Crippen LogP contribution in [0.25, 0.3) is 22.4 Å². The molecule has 1 fully saturated rings. The average molecular weight is 460 g/mol. The van der Waals surface area contributed by atoms with Gasteiger partial charge in [0, 0.05) is 18.0 Å². The lowest BCUT2D eigenvalue weighted by Crippen LogP contribution is -2.40. The minimum atomic E-state index is -3.67. The third-order valence-corrected chi connectivity index (χ3v) is 8.51. The van der Waals surface area contributed by atoms with Crippen LogP contribution in [0.2, 0.25) is 0 Å². The summed E-state index contributed by atoms with van der Waals surface area (Å²) >= 11 is 0.962. The van der Waals surface area contributed by atoms with Gasteiger partial charge in [-0.15, -0.1) is 11.3 Å². The number of morpholine rings is 1. The molecule has 3 aromatic rings. The molecule has 0 bridgehead atoms. The summed E-state index contributed by atoms with van der Waals surface area (Å²) in [5.41, 5.74) is 0.752. The summed E-state index contributed by atoms with van der Waals surface area (Å²) in [7, 11) is -2.07. The van der Waals surface area contributed by atoms with Gasteiger partial charge in [0.1, 0.15) is 9.96 Å². The van der Waals surface area contributed by atoms with Gasteiger partial charge in [-0.1, -0.05) is 18.2 Å². The summed E-state index contributed by atoms with van der Waals surface area (Å²) in [5, 5.41) is 11.7. The van der Waals surface area contributed by atoms with Crippen molar-refractivity contribution in [3.63, 3.8) is 0 Å². The molecule has 0 aliphatic carbocycles. The number of carbonyl (C=O) groups is 1. The summed E-state index contributed by atoms with van der Waals surface area (Å²) in [6.07, 6.45) is 1.56. The Hall–Kier alpha value is -2.72. The van der Waals surface area contributed by atoms with Gasteiger partial charge in [-0.25, -0.2) is 13.2 Å². The zero-order chi connectivity index (χ0) is 22.0. The number of sulfonamides is 1. The van der Waals surface area contributed by atoms with E-state index in [2.05, 4.69) is 0 Å². The lowest BCUT2D eigenvalue weighted by atomic mass is 10.0. The van der Waals surface area contributed by atoms with Crippen LogP contribution in [0.1, 0.15) is 10.4 Å². The Bertz CT molecular complexity index is 1260. The maximum absolute atomic E-state index is 12.9. The zero-order valence-corrected chi connectivity index (χ0v) is 18.4. The SMILES string of the molecule is COc1ccc2cc(C=C(C(=O)O)c3ccc(S(=O)(=O)N4CCOCC4)s3)ccc2c1. The van der Waals surface area contributed by atoms with Gasteiger partial charge >= 0.3 is 5.97 Å². The molecule has 1 saturated heterocycles. The van der Waals surface area contributed by atoms with Crippen LogP contribution in [0.5, 0.6) is 5.75 Å². The maximum atomic E-state index is 12.9. The molecule has 31 heavy (non-hydrogen) atoms. The van der Waals surface area contributed by atoms with Crippen LogP contribution in [-0.2, 0) is 19.6 Å². The van der Waals surface area contributed by atoms with E-state index >= 15 is 0 Å². The molecule has 0 amide bonds. The molecule has 2 heterocycles. The van der Waals surface area contributed by atoms with Crippen LogP contribution in [0.15, 0.2) is 52.7 Å². The highest BCUT2D eigenvalue weighted by molar-refractivity contribution is 7.91. The molecule has 0 radical (unpaired) electrons. The lowest BCUT2D eigenvalue weighted by molar-refractivity contribution is -0.130. The highest BCUT2D eigenvalue weighted by Crippen LogP contribution is 2.32. The van der Waals surface area contributed by atoms with Crippen molar-refractivity contribution in [2.75, 3.05) is 33.4 Å². The lowest BCUT2D eigenvalue weighted by Gasteiger charge is -2.25. The molecule has 1 aromatic heterocycles. The van der Waals surface area contributed by atoms with E-state index in [0.717, 1.165) is 27.9 Å². The number of benzene rings is 2. The first-order chi connectivity index (χ1) is 14.9. The van der Waals surface area contributed by atoms with Crippen molar-refractivity contribution in [3.05, 3.63) is 59.0 Å². The topological polar surface area (TPSA) is 93.1 Å². The number of thiophene rings is 1.